The summed E-state index contributed by atoms with van der Waals surface area (Å²) in [6.45, 7) is 2.85. The highest BCUT2D eigenvalue weighted by Crippen LogP contribution is 2.12. The molecule has 0 unspecified atom stereocenters. The first-order valence-corrected chi connectivity index (χ1v) is 3.90. The number of carboxylic acids is 1. The first-order valence-electron chi connectivity index (χ1n) is 3.90. The van der Waals surface area contributed by atoms with Gasteiger partial charge in [-0.05, 0) is 24.3 Å². The molecule has 1 rings (SSSR count). The lowest BCUT2D eigenvalue weighted by Crippen LogP contribution is -2.09. The van der Waals surface area contributed by atoms with Gasteiger partial charge >= 0.3 is 5.97 Å². The van der Waals surface area contributed by atoms with Crippen LogP contribution in [0, 0.1) is 6.92 Å². The summed E-state index contributed by atoms with van der Waals surface area (Å²) >= 11 is 0. The third-order valence-electron chi connectivity index (χ3n) is 1.54. The third-order valence-corrected chi connectivity index (χ3v) is 1.54. The molecule has 0 heterocycles. The number of ether oxygens (including phenoxy) is 1. The summed E-state index contributed by atoms with van der Waals surface area (Å²) < 4.78 is 4.87. The molecule has 4 nitrogen and oxygen atoms in total. The van der Waals surface area contributed by atoms with Crippen molar-refractivity contribution in [3.63, 3.8) is 0 Å². The number of carbonyl (C=O) groups is 2. The lowest BCUT2D eigenvalue weighted by molar-refractivity contribution is -0.139. The average molecular weight is 193 g/mol. The van der Waals surface area contributed by atoms with Gasteiger partial charge in [-0.1, -0.05) is 0 Å². The number of hydrogen-bond acceptors (Lipinski definition) is 3. The molecule has 0 amide bonds. The van der Waals surface area contributed by atoms with Crippen molar-refractivity contribution in [2.24, 2.45) is 0 Å². The second-order valence-electron chi connectivity index (χ2n) is 2.63. The van der Waals surface area contributed by atoms with Crippen molar-refractivity contribution in [3.05, 3.63) is 36.8 Å². The Bertz CT molecular complexity index is 340. The molecular formula is C10H9O4. The maximum atomic E-state index is 10.8. The lowest BCUT2D eigenvalue weighted by atomic mass is 10.1. The van der Waals surface area contributed by atoms with Gasteiger partial charge in [0.2, 0.25) is 0 Å². The van der Waals surface area contributed by atoms with Gasteiger partial charge in [-0.25, -0.2) is 4.79 Å². The first kappa shape index (κ1) is 10.2. The van der Waals surface area contributed by atoms with Crippen molar-refractivity contribution in [2.75, 3.05) is 6.61 Å². The van der Waals surface area contributed by atoms with Gasteiger partial charge in [0, 0.05) is 12.5 Å². The van der Waals surface area contributed by atoms with Crippen LogP contribution in [0.25, 0.3) is 0 Å². The number of carboxylic acid groups (broad SMARTS) is 1. The number of Topliss-reactive ketones (excluding diaryl/α,β-unsaturated/α-hetero) is 1. The van der Waals surface area contributed by atoms with Crippen LogP contribution in [0.1, 0.15) is 10.4 Å². The van der Waals surface area contributed by atoms with Crippen molar-refractivity contribution < 1.29 is 19.4 Å². The molecule has 0 spiro atoms. The molecule has 1 N–H and O–H groups in total. The minimum atomic E-state index is -1.04. The Kier molecular flexibility index (Phi) is 3.23. The maximum absolute atomic E-state index is 10.8. The molecule has 1 aromatic rings. The van der Waals surface area contributed by atoms with Gasteiger partial charge in [0.05, 0.1) is 0 Å². The van der Waals surface area contributed by atoms with Gasteiger partial charge in [-0.2, -0.15) is 0 Å². The number of hydrogen-bond donors (Lipinski definition) is 1. The van der Waals surface area contributed by atoms with Crippen LogP contribution in [0.2, 0.25) is 0 Å². The van der Waals surface area contributed by atoms with E-state index in [4.69, 9.17) is 9.84 Å². The zero-order chi connectivity index (χ0) is 10.6. The largest absolute Gasteiger partial charge is 0.482 e. The summed E-state index contributed by atoms with van der Waals surface area (Å²) in [5, 5.41) is 8.33. The van der Waals surface area contributed by atoms with Crippen molar-refractivity contribution >= 4 is 11.8 Å². The van der Waals surface area contributed by atoms with E-state index in [1.54, 1.807) is 0 Å². The molecule has 0 bridgehead atoms. The molecule has 0 saturated carbocycles. The van der Waals surface area contributed by atoms with Gasteiger partial charge in [0.25, 0.3) is 0 Å². The molecule has 1 aromatic carbocycles. The molecule has 1 radical (unpaired) electrons. The Balaban J connectivity index is 2.64. The molecule has 0 saturated heterocycles. The monoisotopic (exact) mass is 193 g/mol. The third kappa shape index (κ3) is 2.90. The highest BCUT2D eigenvalue weighted by molar-refractivity contribution is 5.99. The maximum Gasteiger partial charge on any atom is 0.341 e. The summed E-state index contributed by atoms with van der Waals surface area (Å²) in [5.74, 6) is -0.908. The predicted octanol–water partition coefficient (Wildman–Crippen LogP) is 1.17. The van der Waals surface area contributed by atoms with Crippen molar-refractivity contribution in [2.45, 2.75) is 0 Å². The normalized spacial score (nSPS) is 9.50. The first-order chi connectivity index (χ1) is 6.59. The summed E-state index contributed by atoms with van der Waals surface area (Å²) in [6.07, 6.45) is 0. The summed E-state index contributed by atoms with van der Waals surface area (Å²) in [6, 6.07) is 6.13. The second-order valence-corrected chi connectivity index (χ2v) is 2.63. The van der Waals surface area contributed by atoms with Gasteiger partial charge in [-0.15, -0.1) is 0 Å². The lowest BCUT2D eigenvalue weighted by Gasteiger charge is -2.02. The quantitative estimate of drug-likeness (QED) is 0.729. The van der Waals surface area contributed by atoms with E-state index in [1.165, 1.54) is 24.3 Å². The zero-order valence-electron chi connectivity index (χ0n) is 7.40. The van der Waals surface area contributed by atoms with Crippen LogP contribution < -0.4 is 4.74 Å². The Morgan fingerprint density at radius 1 is 1.29 bits per heavy atom. The summed E-state index contributed by atoms with van der Waals surface area (Å²) in [5.41, 5.74) is 0.465. The SMILES string of the molecule is [CH2]C(=O)c1ccc(OCC(=O)O)cc1. The van der Waals surface area contributed by atoms with E-state index in [9.17, 15) is 9.59 Å². The Hall–Kier alpha value is -1.84. The molecule has 0 fully saturated rings. The van der Waals surface area contributed by atoms with Gasteiger partial charge in [0.1, 0.15) is 5.75 Å². The number of carbonyl (C=O) groups excluding carboxylic acids is 1. The topological polar surface area (TPSA) is 63.6 Å². The second kappa shape index (κ2) is 4.41. The standard InChI is InChI=1S/C10H9O4/c1-7(11)8-2-4-9(5-3-8)14-6-10(12)13/h2-5H,1,6H2,(H,12,13). The van der Waals surface area contributed by atoms with Crippen molar-refractivity contribution in [3.8, 4) is 5.75 Å². The molecule has 0 aliphatic heterocycles. The van der Waals surface area contributed by atoms with Gasteiger partial charge in [0.15, 0.2) is 12.4 Å². The van der Waals surface area contributed by atoms with Crippen LogP contribution >= 0.6 is 0 Å². The van der Waals surface area contributed by atoms with E-state index < -0.39 is 12.6 Å². The predicted molar refractivity (Wildman–Crippen MR) is 49.3 cm³/mol. The van der Waals surface area contributed by atoms with E-state index in [0.717, 1.165) is 0 Å². The van der Waals surface area contributed by atoms with Crippen LogP contribution in [0.5, 0.6) is 5.75 Å². The van der Waals surface area contributed by atoms with Gasteiger partial charge < -0.3 is 9.84 Å². The van der Waals surface area contributed by atoms with Crippen molar-refractivity contribution in [1.29, 1.82) is 0 Å². The number of rotatable bonds is 4. The average Bonchev–Trinajstić information content (AvgIpc) is 2.15. The van der Waals surface area contributed by atoms with Crippen LogP contribution in [-0.2, 0) is 4.79 Å². The molecule has 0 aliphatic rings. The van der Waals surface area contributed by atoms with E-state index >= 15 is 0 Å². The Morgan fingerprint density at radius 2 is 1.86 bits per heavy atom. The van der Waals surface area contributed by atoms with E-state index in [-0.39, 0.29) is 5.78 Å². The van der Waals surface area contributed by atoms with E-state index in [0.29, 0.717) is 11.3 Å². The summed E-state index contributed by atoms with van der Waals surface area (Å²) in [7, 11) is 0. The summed E-state index contributed by atoms with van der Waals surface area (Å²) in [4.78, 5) is 20.9. The Labute approximate surface area is 81.1 Å². The van der Waals surface area contributed by atoms with Crippen LogP contribution in [-0.4, -0.2) is 23.5 Å². The smallest absolute Gasteiger partial charge is 0.341 e. The van der Waals surface area contributed by atoms with Crippen LogP contribution in [0.15, 0.2) is 24.3 Å². The van der Waals surface area contributed by atoms with Crippen LogP contribution in [0.3, 0.4) is 0 Å². The fourth-order valence-electron chi connectivity index (χ4n) is 0.882. The van der Waals surface area contributed by atoms with E-state index in [1.807, 2.05) is 0 Å². The molecule has 0 atom stereocenters. The molecule has 73 valence electrons. The minimum Gasteiger partial charge on any atom is -0.482 e. The number of aliphatic carboxylic acids is 1. The molecule has 0 aromatic heterocycles. The fourth-order valence-corrected chi connectivity index (χ4v) is 0.882. The van der Waals surface area contributed by atoms with E-state index in [2.05, 4.69) is 6.92 Å². The highest BCUT2D eigenvalue weighted by atomic mass is 16.5. The van der Waals surface area contributed by atoms with Gasteiger partial charge in [-0.3, -0.25) is 4.79 Å². The Morgan fingerprint density at radius 3 is 2.29 bits per heavy atom. The zero-order valence-corrected chi connectivity index (χ0v) is 7.40. The van der Waals surface area contributed by atoms with Crippen molar-refractivity contribution in [1.82, 2.24) is 0 Å². The number of ketones is 1. The number of benzene rings is 1. The molecule has 0 aliphatic carbocycles. The fraction of sp³-hybridized carbons (Fsp3) is 0.100. The highest BCUT2D eigenvalue weighted by Gasteiger charge is 2.01. The minimum absolute atomic E-state index is 0.283. The molecular weight excluding hydrogens is 184 g/mol. The van der Waals surface area contributed by atoms with Crippen LogP contribution in [0.4, 0.5) is 0 Å². The molecule has 14 heavy (non-hydrogen) atoms. The molecule has 4 heteroatoms.